The van der Waals surface area contributed by atoms with Gasteiger partial charge in [-0.1, -0.05) is 37.1 Å². The van der Waals surface area contributed by atoms with E-state index in [1.807, 2.05) is 50.2 Å². The zero-order valence-electron chi connectivity index (χ0n) is 12.3. The highest BCUT2D eigenvalue weighted by molar-refractivity contribution is 7.89. The molecule has 0 radical (unpaired) electrons. The Morgan fingerprint density at radius 3 is 2.35 bits per heavy atom. The van der Waals surface area contributed by atoms with Crippen LogP contribution >= 0.6 is 11.6 Å². The van der Waals surface area contributed by atoms with Crippen molar-refractivity contribution in [3.8, 4) is 0 Å². The summed E-state index contributed by atoms with van der Waals surface area (Å²) in [4.78, 5) is 1.99. The Bertz CT molecular complexity index is 500. The van der Waals surface area contributed by atoms with Gasteiger partial charge in [0.25, 0.3) is 0 Å². The minimum Gasteiger partial charge on any atom is -0.301 e. The molecule has 0 heterocycles. The first kappa shape index (κ1) is 17.4. The van der Waals surface area contributed by atoms with Crippen LogP contribution in [-0.2, 0) is 10.0 Å². The molecule has 0 aliphatic heterocycles. The standard InChI is InChI=1S/C14H23ClN2O2S/c1-4-5-10-20(18,19)16-11-14(17(2)3)12-6-8-13(15)9-7-12/h6-9,14,16H,4-5,10-11H2,1-3H3. The van der Waals surface area contributed by atoms with Gasteiger partial charge in [0.15, 0.2) is 0 Å². The molecular formula is C14H23ClN2O2S. The topological polar surface area (TPSA) is 49.4 Å². The highest BCUT2D eigenvalue weighted by atomic mass is 35.5. The van der Waals surface area contributed by atoms with Gasteiger partial charge in [-0.25, -0.2) is 13.1 Å². The van der Waals surface area contributed by atoms with E-state index in [0.717, 1.165) is 12.0 Å². The molecule has 1 aromatic rings. The molecule has 1 atom stereocenters. The molecule has 0 saturated carbocycles. The lowest BCUT2D eigenvalue weighted by atomic mass is 10.1. The van der Waals surface area contributed by atoms with Crippen molar-refractivity contribution in [1.82, 2.24) is 9.62 Å². The quantitative estimate of drug-likeness (QED) is 0.801. The van der Waals surface area contributed by atoms with E-state index in [2.05, 4.69) is 4.72 Å². The highest BCUT2D eigenvalue weighted by Crippen LogP contribution is 2.20. The van der Waals surface area contributed by atoms with Crippen LogP contribution in [0.4, 0.5) is 0 Å². The summed E-state index contributed by atoms with van der Waals surface area (Å²) >= 11 is 5.88. The number of sulfonamides is 1. The minimum absolute atomic E-state index is 0.0105. The number of hydrogen-bond donors (Lipinski definition) is 1. The number of rotatable bonds is 8. The van der Waals surface area contributed by atoms with E-state index in [9.17, 15) is 8.42 Å². The smallest absolute Gasteiger partial charge is 0.211 e. The Hall–Kier alpha value is -0.620. The first-order valence-corrected chi connectivity index (χ1v) is 8.78. The number of benzene rings is 1. The average molecular weight is 319 g/mol. The Labute approximate surface area is 127 Å². The molecule has 0 aliphatic rings. The maximum atomic E-state index is 11.9. The van der Waals surface area contributed by atoms with Gasteiger partial charge in [-0.05, 0) is 38.2 Å². The van der Waals surface area contributed by atoms with E-state index in [1.165, 1.54) is 0 Å². The number of nitrogens with zero attached hydrogens (tertiary/aromatic N) is 1. The van der Waals surface area contributed by atoms with Gasteiger partial charge in [0.2, 0.25) is 10.0 Å². The van der Waals surface area contributed by atoms with Crippen molar-refractivity contribution in [2.75, 3.05) is 26.4 Å². The number of likely N-dealkylation sites (N-methyl/N-ethyl adjacent to an activating group) is 1. The molecule has 0 aromatic heterocycles. The second-order valence-corrected chi connectivity index (χ2v) is 7.41. The molecule has 114 valence electrons. The largest absolute Gasteiger partial charge is 0.301 e. The van der Waals surface area contributed by atoms with Gasteiger partial charge in [0.1, 0.15) is 0 Å². The molecule has 0 amide bonds. The molecule has 0 spiro atoms. The van der Waals surface area contributed by atoms with Gasteiger partial charge in [-0.2, -0.15) is 0 Å². The molecule has 6 heteroatoms. The summed E-state index contributed by atoms with van der Waals surface area (Å²) in [5.41, 5.74) is 1.04. The lowest BCUT2D eigenvalue weighted by Gasteiger charge is -2.25. The third-order valence-electron chi connectivity index (χ3n) is 3.14. The Balaban J connectivity index is 2.71. The summed E-state index contributed by atoms with van der Waals surface area (Å²) in [5, 5.41) is 0.676. The summed E-state index contributed by atoms with van der Waals surface area (Å²) in [6, 6.07) is 7.47. The minimum atomic E-state index is -3.19. The maximum absolute atomic E-state index is 11.9. The highest BCUT2D eigenvalue weighted by Gasteiger charge is 2.17. The first-order chi connectivity index (χ1) is 9.35. The van der Waals surface area contributed by atoms with Crippen molar-refractivity contribution in [2.45, 2.75) is 25.8 Å². The van der Waals surface area contributed by atoms with Crippen LogP contribution in [0.2, 0.25) is 5.02 Å². The van der Waals surface area contributed by atoms with E-state index in [0.29, 0.717) is 18.0 Å². The number of halogens is 1. The van der Waals surface area contributed by atoms with Gasteiger partial charge >= 0.3 is 0 Å². The zero-order chi connectivity index (χ0) is 15.2. The Morgan fingerprint density at radius 1 is 1.25 bits per heavy atom. The molecule has 1 N–H and O–H groups in total. The molecule has 0 fully saturated rings. The second kappa shape index (κ2) is 7.98. The number of unbranched alkanes of at least 4 members (excludes halogenated alkanes) is 1. The number of nitrogens with one attached hydrogen (secondary N) is 1. The van der Waals surface area contributed by atoms with E-state index in [1.54, 1.807) is 0 Å². The summed E-state index contributed by atoms with van der Waals surface area (Å²) < 4.78 is 26.4. The predicted octanol–water partition coefficient (Wildman–Crippen LogP) is 2.66. The molecule has 1 unspecified atom stereocenters. The van der Waals surface area contributed by atoms with Crippen LogP contribution in [0.5, 0.6) is 0 Å². The van der Waals surface area contributed by atoms with Crippen LogP contribution < -0.4 is 4.72 Å². The molecule has 20 heavy (non-hydrogen) atoms. The van der Waals surface area contributed by atoms with Crippen molar-refractivity contribution in [2.24, 2.45) is 0 Å². The molecule has 4 nitrogen and oxygen atoms in total. The molecule has 0 aliphatic carbocycles. The van der Waals surface area contributed by atoms with Gasteiger partial charge < -0.3 is 4.90 Å². The fourth-order valence-electron chi connectivity index (χ4n) is 1.90. The zero-order valence-corrected chi connectivity index (χ0v) is 13.8. The average Bonchev–Trinajstić information content (AvgIpc) is 2.38. The van der Waals surface area contributed by atoms with E-state index < -0.39 is 10.0 Å². The Morgan fingerprint density at radius 2 is 1.85 bits per heavy atom. The van der Waals surface area contributed by atoms with Crippen molar-refractivity contribution >= 4 is 21.6 Å². The maximum Gasteiger partial charge on any atom is 0.211 e. The normalized spacial score (nSPS) is 13.7. The van der Waals surface area contributed by atoms with Crippen LogP contribution in [0.3, 0.4) is 0 Å². The van der Waals surface area contributed by atoms with Crippen molar-refractivity contribution in [1.29, 1.82) is 0 Å². The lowest BCUT2D eigenvalue weighted by Crippen LogP contribution is -2.35. The fourth-order valence-corrected chi connectivity index (χ4v) is 3.25. The molecule has 1 rings (SSSR count). The summed E-state index contributed by atoms with van der Waals surface area (Å²) in [6.07, 6.45) is 1.55. The van der Waals surface area contributed by atoms with Crippen LogP contribution in [0, 0.1) is 0 Å². The lowest BCUT2D eigenvalue weighted by molar-refractivity contribution is 0.299. The van der Waals surface area contributed by atoms with Crippen molar-refractivity contribution in [3.05, 3.63) is 34.9 Å². The van der Waals surface area contributed by atoms with Crippen LogP contribution in [0.25, 0.3) is 0 Å². The first-order valence-electron chi connectivity index (χ1n) is 6.75. The summed E-state index contributed by atoms with van der Waals surface area (Å²) in [7, 11) is 0.669. The van der Waals surface area contributed by atoms with Crippen LogP contribution in [0.1, 0.15) is 31.4 Å². The number of hydrogen-bond acceptors (Lipinski definition) is 3. The summed E-state index contributed by atoms with van der Waals surface area (Å²) in [5.74, 6) is 0.185. The molecular weight excluding hydrogens is 296 g/mol. The third kappa shape index (κ3) is 5.79. The predicted molar refractivity (Wildman–Crippen MR) is 84.6 cm³/mol. The van der Waals surface area contributed by atoms with Crippen molar-refractivity contribution < 1.29 is 8.42 Å². The molecule has 1 aromatic carbocycles. The van der Waals surface area contributed by atoms with E-state index in [4.69, 9.17) is 11.6 Å². The Kier molecular flexibility index (Phi) is 6.95. The van der Waals surface area contributed by atoms with Gasteiger partial charge in [0.05, 0.1) is 5.75 Å². The fraction of sp³-hybridized carbons (Fsp3) is 0.571. The monoisotopic (exact) mass is 318 g/mol. The van der Waals surface area contributed by atoms with E-state index >= 15 is 0 Å². The SMILES string of the molecule is CCCCS(=O)(=O)NCC(c1ccc(Cl)cc1)N(C)C. The van der Waals surface area contributed by atoms with Crippen LogP contribution in [-0.4, -0.2) is 39.7 Å². The third-order valence-corrected chi connectivity index (χ3v) is 4.83. The van der Waals surface area contributed by atoms with Crippen molar-refractivity contribution in [3.63, 3.8) is 0 Å². The van der Waals surface area contributed by atoms with E-state index in [-0.39, 0.29) is 11.8 Å². The summed E-state index contributed by atoms with van der Waals surface area (Å²) in [6.45, 7) is 2.34. The van der Waals surface area contributed by atoms with Gasteiger partial charge in [0, 0.05) is 17.6 Å². The van der Waals surface area contributed by atoms with Gasteiger partial charge in [-0.15, -0.1) is 0 Å². The van der Waals surface area contributed by atoms with Crippen LogP contribution in [0.15, 0.2) is 24.3 Å². The van der Waals surface area contributed by atoms with Gasteiger partial charge in [-0.3, -0.25) is 0 Å². The molecule has 0 saturated heterocycles. The molecule has 0 bridgehead atoms. The second-order valence-electron chi connectivity index (χ2n) is 5.05.